The van der Waals surface area contributed by atoms with Gasteiger partial charge in [0.1, 0.15) is 0 Å². The van der Waals surface area contributed by atoms with Crippen molar-refractivity contribution in [3.8, 4) is 0 Å². The summed E-state index contributed by atoms with van der Waals surface area (Å²) in [6.07, 6.45) is 5.04. The summed E-state index contributed by atoms with van der Waals surface area (Å²) in [5.41, 5.74) is 0.400. The molecule has 1 N–H and O–H groups in total. The first-order valence-electron chi connectivity index (χ1n) is 4.38. The predicted molar refractivity (Wildman–Crippen MR) is 47.5 cm³/mol. The molecule has 1 nitrogen and oxygen atoms in total. The standard InChI is InChI=1S/C10H18O/c1-10(2,3)8-4-6-9(11)7-5-8/h6,8,11H,4-5,7H2,1-3H3/t8-/m0/s1. The fourth-order valence-corrected chi connectivity index (χ4v) is 1.61. The molecule has 0 aromatic rings. The monoisotopic (exact) mass is 154 g/mol. The molecule has 0 fully saturated rings. The quantitative estimate of drug-likeness (QED) is 0.567. The normalized spacial score (nSPS) is 26.5. The fraction of sp³-hybridized carbons (Fsp3) is 0.800. The lowest BCUT2D eigenvalue weighted by molar-refractivity contribution is 0.204. The molecule has 1 atom stereocenters. The van der Waals surface area contributed by atoms with E-state index in [-0.39, 0.29) is 0 Å². The topological polar surface area (TPSA) is 20.2 Å². The molecule has 0 spiro atoms. The zero-order valence-electron chi connectivity index (χ0n) is 7.72. The van der Waals surface area contributed by atoms with Crippen molar-refractivity contribution in [1.29, 1.82) is 0 Å². The number of rotatable bonds is 0. The molecule has 1 aliphatic rings. The van der Waals surface area contributed by atoms with Crippen molar-refractivity contribution >= 4 is 0 Å². The van der Waals surface area contributed by atoms with E-state index >= 15 is 0 Å². The van der Waals surface area contributed by atoms with Crippen molar-refractivity contribution in [2.75, 3.05) is 0 Å². The van der Waals surface area contributed by atoms with Crippen LogP contribution in [0.25, 0.3) is 0 Å². The lowest BCUT2D eigenvalue weighted by atomic mass is 9.74. The zero-order valence-corrected chi connectivity index (χ0v) is 7.72. The van der Waals surface area contributed by atoms with Crippen LogP contribution in [-0.4, -0.2) is 5.11 Å². The first-order chi connectivity index (χ1) is 5.00. The molecule has 0 aromatic heterocycles. The first-order valence-corrected chi connectivity index (χ1v) is 4.38. The molecule has 0 aromatic carbocycles. The number of aliphatic hydroxyl groups is 1. The van der Waals surface area contributed by atoms with Gasteiger partial charge in [0, 0.05) is 6.42 Å². The summed E-state index contributed by atoms with van der Waals surface area (Å²) in [6, 6.07) is 0. The summed E-state index contributed by atoms with van der Waals surface area (Å²) >= 11 is 0. The van der Waals surface area contributed by atoms with Gasteiger partial charge in [0.05, 0.1) is 5.76 Å². The first kappa shape index (κ1) is 8.63. The Kier molecular flexibility index (Phi) is 2.26. The third-order valence-corrected chi connectivity index (χ3v) is 2.61. The van der Waals surface area contributed by atoms with Crippen molar-refractivity contribution < 1.29 is 5.11 Å². The number of hydrogen-bond donors (Lipinski definition) is 1. The molecule has 0 radical (unpaired) electrons. The predicted octanol–water partition coefficient (Wildman–Crippen LogP) is 3.27. The van der Waals surface area contributed by atoms with Gasteiger partial charge < -0.3 is 5.11 Å². The highest BCUT2D eigenvalue weighted by molar-refractivity contribution is 4.99. The summed E-state index contributed by atoms with van der Waals surface area (Å²) in [7, 11) is 0. The van der Waals surface area contributed by atoms with Gasteiger partial charge in [-0.05, 0) is 30.3 Å². The Morgan fingerprint density at radius 3 is 2.45 bits per heavy atom. The van der Waals surface area contributed by atoms with Crippen LogP contribution in [0.15, 0.2) is 11.8 Å². The van der Waals surface area contributed by atoms with Crippen molar-refractivity contribution in [2.24, 2.45) is 11.3 Å². The Hall–Kier alpha value is -0.460. The molecule has 0 saturated carbocycles. The van der Waals surface area contributed by atoms with Crippen LogP contribution in [0.5, 0.6) is 0 Å². The maximum absolute atomic E-state index is 9.15. The summed E-state index contributed by atoms with van der Waals surface area (Å²) < 4.78 is 0. The van der Waals surface area contributed by atoms with E-state index in [9.17, 15) is 0 Å². The molecule has 64 valence electrons. The van der Waals surface area contributed by atoms with Gasteiger partial charge in [-0.1, -0.05) is 20.8 Å². The van der Waals surface area contributed by atoms with Gasteiger partial charge in [0.2, 0.25) is 0 Å². The Morgan fingerprint density at radius 2 is 2.09 bits per heavy atom. The highest BCUT2D eigenvalue weighted by Gasteiger charge is 2.25. The van der Waals surface area contributed by atoms with Gasteiger partial charge in [0.15, 0.2) is 0 Å². The molecule has 1 aliphatic carbocycles. The molecule has 0 amide bonds. The second-order valence-corrected chi connectivity index (χ2v) is 4.53. The fourth-order valence-electron chi connectivity index (χ4n) is 1.61. The Labute approximate surface area is 69.1 Å². The molecule has 1 heteroatoms. The Morgan fingerprint density at radius 1 is 1.45 bits per heavy atom. The van der Waals surface area contributed by atoms with Crippen LogP contribution in [0.3, 0.4) is 0 Å². The van der Waals surface area contributed by atoms with Gasteiger partial charge in [-0.25, -0.2) is 0 Å². The molecule has 0 saturated heterocycles. The summed E-state index contributed by atoms with van der Waals surface area (Å²) in [6.45, 7) is 6.82. The van der Waals surface area contributed by atoms with Crippen LogP contribution in [0.2, 0.25) is 0 Å². The van der Waals surface area contributed by atoms with Crippen molar-refractivity contribution in [1.82, 2.24) is 0 Å². The molecule has 11 heavy (non-hydrogen) atoms. The second-order valence-electron chi connectivity index (χ2n) is 4.53. The maximum atomic E-state index is 9.15. The van der Waals surface area contributed by atoms with E-state index in [0.29, 0.717) is 11.2 Å². The van der Waals surface area contributed by atoms with Gasteiger partial charge in [-0.2, -0.15) is 0 Å². The van der Waals surface area contributed by atoms with Crippen LogP contribution in [-0.2, 0) is 0 Å². The van der Waals surface area contributed by atoms with Crippen molar-refractivity contribution in [2.45, 2.75) is 40.0 Å². The van der Waals surface area contributed by atoms with E-state index in [1.807, 2.05) is 6.08 Å². The molecule has 0 bridgehead atoms. The molecular formula is C10H18O. The van der Waals surface area contributed by atoms with Gasteiger partial charge in [-0.3, -0.25) is 0 Å². The van der Waals surface area contributed by atoms with Gasteiger partial charge in [-0.15, -0.1) is 0 Å². The lowest BCUT2D eigenvalue weighted by Gasteiger charge is -2.32. The van der Waals surface area contributed by atoms with E-state index in [1.54, 1.807) is 0 Å². The van der Waals surface area contributed by atoms with E-state index in [0.717, 1.165) is 25.2 Å². The van der Waals surface area contributed by atoms with Crippen LogP contribution in [0.4, 0.5) is 0 Å². The number of aliphatic hydroxyl groups excluding tert-OH is 1. The molecule has 0 heterocycles. The highest BCUT2D eigenvalue weighted by Crippen LogP contribution is 2.36. The minimum absolute atomic E-state index is 0.400. The van der Waals surface area contributed by atoms with Crippen LogP contribution in [0.1, 0.15) is 40.0 Å². The smallest absolute Gasteiger partial charge is 0.0883 e. The lowest BCUT2D eigenvalue weighted by Crippen LogP contribution is -2.22. The van der Waals surface area contributed by atoms with Crippen LogP contribution in [0, 0.1) is 11.3 Å². The van der Waals surface area contributed by atoms with E-state index < -0.39 is 0 Å². The second kappa shape index (κ2) is 2.88. The SMILES string of the molecule is CC(C)(C)[C@H]1CC=C(O)CC1. The van der Waals surface area contributed by atoms with Gasteiger partial charge >= 0.3 is 0 Å². The zero-order chi connectivity index (χ0) is 8.48. The maximum Gasteiger partial charge on any atom is 0.0883 e. The van der Waals surface area contributed by atoms with Gasteiger partial charge in [0.25, 0.3) is 0 Å². The van der Waals surface area contributed by atoms with E-state index in [2.05, 4.69) is 20.8 Å². The Bertz CT molecular complexity index is 162. The molecular weight excluding hydrogens is 136 g/mol. The number of hydrogen-bond acceptors (Lipinski definition) is 1. The van der Waals surface area contributed by atoms with Crippen molar-refractivity contribution in [3.63, 3.8) is 0 Å². The molecule has 1 rings (SSSR count). The average molecular weight is 154 g/mol. The minimum atomic E-state index is 0.400. The summed E-state index contributed by atoms with van der Waals surface area (Å²) in [5, 5.41) is 9.15. The molecule has 0 unspecified atom stereocenters. The number of allylic oxidation sites excluding steroid dienone is 2. The van der Waals surface area contributed by atoms with E-state index in [1.165, 1.54) is 0 Å². The Balaban J connectivity index is 2.54. The minimum Gasteiger partial charge on any atom is -0.513 e. The summed E-state index contributed by atoms with van der Waals surface area (Å²) in [4.78, 5) is 0. The highest BCUT2D eigenvalue weighted by atomic mass is 16.3. The van der Waals surface area contributed by atoms with Crippen molar-refractivity contribution in [3.05, 3.63) is 11.8 Å². The largest absolute Gasteiger partial charge is 0.513 e. The van der Waals surface area contributed by atoms with E-state index in [4.69, 9.17) is 5.11 Å². The average Bonchev–Trinajstić information content (AvgIpc) is 1.86. The van der Waals surface area contributed by atoms with Crippen LogP contribution >= 0.6 is 0 Å². The molecule has 0 aliphatic heterocycles. The van der Waals surface area contributed by atoms with Crippen LogP contribution < -0.4 is 0 Å². The third-order valence-electron chi connectivity index (χ3n) is 2.61. The summed E-state index contributed by atoms with van der Waals surface area (Å²) in [5.74, 6) is 1.34. The third kappa shape index (κ3) is 2.25.